The Hall–Kier alpha value is -2.94. The van der Waals surface area contributed by atoms with Crippen LogP contribution in [0.3, 0.4) is 0 Å². The second-order valence-electron chi connectivity index (χ2n) is 4.99. The maximum absolute atomic E-state index is 14.1. The van der Waals surface area contributed by atoms with Crippen molar-refractivity contribution in [3.8, 4) is 5.69 Å². The SMILES string of the molecule is CC(NC(=O)O)c1nc2c(F)ccc(Cl)c2c(=O)n1-c1cn[nH]c1. The molecule has 1 amide bonds. The topological polar surface area (TPSA) is 113 Å². The van der Waals surface area contributed by atoms with Crippen molar-refractivity contribution < 1.29 is 14.3 Å². The van der Waals surface area contributed by atoms with Crippen molar-refractivity contribution in [3.05, 3.63) is 51.5 Å². The zero-order chi connectivity index (χ0) is 17.4. The van der Waals surface area contributed by atoms with E-state index in [1.807, 2.05) is 0 Å². The first kappa shape index (κ1) is 15.9. The number of carboxylic acid groups (broad SMARTS) is 1. The summed E-state index contributed by atoms with van der Waals surface area (Å²) >= 11 is 6.03. The average molecular weight is 352 g/mol. The first-order chi connectivity index (χ1) is 11.4. The summed E-state index contributed by atoms with van der Waals surface area (Å²) in [5, 5.41) is 17.4. The Morgan fingerprint density at radius 1 is 1.50 bits per heavy atom. The highest BCUT2D eigenvalue weighted by Gasteiger charge is 2.22. The quantitative estimate of drug-likeness (QED) is 0.669. The lowest BCUT2D eigenvalue weighted by molar-refractivity contribution is 0.190. The summed E-state index contributed by atoms with van der Waals surface area (Å²) in [6.45, 7) is 1.49. The number of benzene rings is 1. The number of aromatic nitrogens is 4. The van der Waals surface area contributed by atoms with Gasteiger partial charge in [-0.3, -0.25) is 14.5 Å². The van der Waals surface area contributed by atoms with Gasteiger partial charge in [0.1, 0.15) is 17.2 Å². The van der Waals surface area contributed by atoms with E-state index in [-0.39, 0.29) is 21.7 Å². The first-order valence-electron chi connectivity index (χ1n) is 6.79. The van der Waals surface area contributed by atoms with Crippen molar-refractivity contribution in [3.63, 3.8) is 0 Å². The third-order valence-corrected chi connectivity index (χ3v) is 3.73. The van der Waals surface area contributed by atoms with Crippen LogP contribution in [-0.2, 0) is 0 Å². The molecule has 3 aromatic rings. The molecule has 0 spiro atoms. The number of rotatable bonds is 3. The summed E-state index contributed by atoms with van der Waals surface area (Å²) in [4.78, 5) is 27.9. The molecule has 0 saturated heterocycles. The van der Waals surface area contributed by atoms with Crippen LogP contribution >= 0.6 is 11.6 Å². The van der Waals surface area contributed by atoms with Crippen LogP contribution in [0.4, 0.5) is 9.18 Å². The van der Waals surface area contributed by atoms with Crippen molar-refractivity contribution in [1.82, 2.24) is 25.1 Å². The first-order valence-corrected chi connectivity index (χ1v) is 7.17. The van der Waals surface area contributed by atoms with Gasteiger partial charge in [0, 0.05) is 6.20 Å². The molecule has 10 heteroatoms. The van der Waals surface area contributed by atoms with Gasteiger partial charge in [0.2, 0.25) is 0 Å². The zero-order valence-corrected chi connectivity index (χ0v) is 13.0. The van der Waals surface area contributed by atoms with Crippen molar-refractivity contribution in [2.75, 3.05) is 0 Å². The molecule has 0 aliphatic carbocycles. The maximum atomic E-state index is 14.1. The van der Waals surface area contributed by atoms with Crippen molar-refractivity contribution in [2.24, 2.45) is 0 Å². The second kappa shape index (κ2) is 5.93. The van der Waals surface area contributed by atoms with Gasteiger partial charge >= 0.3 is 6.09 Å². The number of nitrogens with zero attached hydrogens (tertiary/aromatic N) is 3. The predicted molar refractivity (Wildman–Crippen MR) is 84.0 cm³/mol. The van der Waals surface area contributed by atoms with Crippen LogP contribution in [0.2, 0.25) is 5.02 Å². The number of hydrogen-bond acceptors (Lipinski definition) is 4. The van der Waals surface area contributed by atoms with Crippen LogP contribution in [0, 0.1) is 5.82 Å². The lowest BCUT2D eigenvalue weighted by Crippen LogP contribution is -2.32. The van der Waals surface area contributed by atoms with Gasteiger partial charge in [0.05, 0.1) is 28.3 Å². The number of H-pyrrole nitrogens is 1. The van der Waals surface area contributed by atoms with Crippen LogP contribution in [-0.4, -0.2) is 30.9 Å². The number of nitrogens with one attached hydrogen (secondary N) is 2. The molecule has 2 aromatic heterocycles. The molecule has 0 aliphatic heterocycles. The van der Waals surface area contributed by atoms with Crippen LogP contribution in [0.5, 0.6) is 0 Å². The molecule has 0 fully saturated rings. The van der Waals surface area contributed by atoms with Crippen LogP contribution < -0.4 is 10.9 Å². The van der Waals surface area contributed by atoms with E-state index in [0.717, 1.165) is 10.6 Å². The summed E-state index contributed by atoms with van der Waals surface area (Å²) in [6, 6.07) is 1.48. The number of carbonyl (C=O) groups is 1. The van der Waals surface area contributed by atoms with Crippen LogP contribution in [0.25, 0.3) is 16.6 Å². The van der Waals surface area contributed by atoms with Crippen molar-refractivity contribution >= 4 is 28.6 Å². The summed E-state index contributed by atoms with van der Waals surface area (Å²) < 4.78 is 15.2. The average Bonchev–Trinajstić information content (AvgIpc) is 3.03. The van der Waals surface area contributed by atoms with Gasteiger partial charge in [-0.2, -0.15) is 5.10 Å². The molecule has 0 saturated carbocycles. The van der Waals surface area contributed by atoms with E-state index in [1.54, 1.807) is 0 Å². The smallest absolute Gasteiger partial charge is 0.405 e. The minimum Gasteiger partial charge on any atom is -0.465 e. The fourth-order valence-corrected chi connectivity index (χ4v) is 2.62. The molecule has 3 N–H and O–H groups in total. The summed E-state index contributed by atoms with van der Waals surface area (Å²) in [7, 11) is 0. The van der Waals surface area contributed by atoms with Gasteiger partial charge in [-0.15, -0.1) is 0 Å². The van der Waals surface area contributed by atoms with Crippen LogP contribution in [0.1, 0.15) is 18.8 Å². The van der Waals surface area contributed by atoms with Gasteiger partial charge in [-0.1, -0.05) is 11.6 Å². The standard InChI is InChI=1S/C14H11ClFN5O3/c1-6(19-14(23)24)12-20-11-9(16)3-2-8(15)10(11)13(22)21(12)7-4-17-18-5-7/h2-6,19H,1H3,(H,17,18)(H,23,24). The molecular weight excluding hydrogens is 341 g/mol. The minimum atomic E-state index is -1.30. The van der Waals surface area contributed by atoms with Gasteiger partial charge < -0.3 is 10.4 Å². The fourth-order valence-electron chi connectivity index (χ4n) is 2.39. The van der Waals surface area contributed by atoms with Gasteiger partial charge in [-0.25, -0.2) is 14.2 Å². The van der Waals surface area contributed by atoms with Crippen LogP contribution in [0.15, 0.2) is 29.3 Å². The highest BCUT2D eigenvalue weighted by atomic mass is 35.5. The van der Waals surface area contributed by atoms with E-state index in [0.29, 0.717) is 5.69 Å². The fraction of sp³-hybridized carbons (Fsp3) is 0.143. The summed E-state index contributed by atoms with van der Waals surface area (Å²) in [6.07, 6.45) is 1.49. The summed E-state index contributed by atoms with van der Waals surface area (Å²) in [5.41, 5.74) is -0.523. The van der Waals surface area contributed by atoms with Gasteiger partial charge in [0.25, 0.3) is 5.56 Å². The zero-order valence-electron chi connectivity index (χ0n) is 12.2. The van der Waals surface area contributed by atoms with Crippen molar-refractivity contribution in [2.45, 2.75) is 13.0 Å². The molecule has 124 valence electrons. The Morgan fingerprint density at radius 2 is 2.25 bits per heavy atom. The molecule has 1 unspecified atom stereocenters. The van der Waals surface area contributed by atoms with E-state index in [1.165, 1.54) is 25.4 Å². The highest BCUT2D eigenvalue weighted by molar-refractivity contribution is 6.35. The van der Waals surface area contributed by atoms with Gasteiger partial charge in [-0.05, 0) is 19.1 Å². The number of amides is 1. The number of aromatic amines is 1. The van der Waals surface area contributed by atoms with E-state index < -0.39 is 23.5 Å². The molecule has 0 bridgehead atoms. The molecule has 3 rings (SSSR count). The molecule has 8 nitrogen and oxygen atoms in total. The Labute approximate surface area is 138 Å². The maximum Gasteiger partial charge on any atom is 0.405 e. The Morgan fingerprint density at radius 3 is 2.88 bits per heavy atom. The molecule has 0 radical (unpaired) electrons. The highest BCUT2D eigenvalue weighted by Crippen LogP contribution is 2.24. The molecule has 1 aromatic carbocycles. The predicted octanol–water partition coefficient (Wildman–Crippen LogP) is 2.23. The normalized spacial score (nSPS) is 12.3. The third kappa shape index (κ3) is 2.58. The van der Waals surface area contributed by atoms with E-state index in [9.17, 15) is 14.0 Å². The minimum absolute atomic E-state index is 0.0115. The Bertz CT molecular complexity index is 986. The Kier molecular flexibility index (Phi) is 3.94. The molecule has 1 atom stereocenters. The lowest BCUT2D eigenvalue weighted by atomic mass is 10.2. The van der Waals surface area contributed by atoms with Crippen molar-refractivity contribution in [1.29, 1.82) is 0 Å². The number of hydrogen-bond donors (Lipinski definition) is 3. The Balaban J connectivity index is 2.40. The second-order valence-corrected chi connectivity index (χ2v) is 5.40. The lowest BCUT2D eigenvalue weighted by Gasteiger charge is -2.17. The van der Waals surface area contributed by atoms with E-state index in [4.69, 9.17) is 16.7 Å². The number of fused-ring (bicyclic) bond motifs is 1. The molecule has 2 heterocycles. The molecule has 24 heavy (non-hydrogen) atoms. The monoisotopic (exact) mass is 351 g/mol. The largest absolute Gasteiger partial charge is 0.465 e. The third-order valence-electron chi connectivity index (χ3n) is 3.42. The molecular formula is C14H11ClFN5O3. The van der Waals surface area contributed by atoms with E-state index in [2.05, 4.69) is 20.5 Å². The number of halogens is 2. The van der Waals surface area contributed by atoms with E-state index >= 15 is 0 Å². The summed E-state index contributed by atoms with van der Waals surface area (Å²) in [5.74, 6) is -0.716. The van der Waals surface area contributed by atoms with Gasteiger partial charge in [0.15, 0.2) is 0 Å². The molecule has 0 aliphatic rings.